The largest absolute Gasteiger partial charge is 0.402 e. The van der Waals surface area contributed by atoms with E-state index in [1.165, 1.54) is 0 Å². The van der Waals surface area contributed by atoms with Crippen molar-refractivity contribution in [1.82, 2.24) is 4.98 Å². The van der Waals surface area contributed by atoms with Gasteiger partial charge in [-0.25, -0.2) is 0 Å². The molecule has 3 N–H and O–H groups in total. The SMILES string of the molecule is CCCc1ccc(/C(C(C)=N)=C(\C)N)cn1. The Kier molecular flexibility index (Phi) is 4.23. The molecule has 0 aromatic carbocycles. The van der Waals surface area contributed by atoms with Crippen molar-refractivity contribution in [2.24, 2.45) is 5.73 Å². The van der Waals surface area contributed by atoms with Crippen LogP contribution < -0.4 is 5.73 Å². The predicted molar refractivity (Wildman–Crippen MR) is 68.4 cm³/mol. The highest BCUT2D eigenvalue weighted by molar-refractivity contribution is 6.21. The van der Waals surface area contributed by atoms with Crippen molar-refractivity contribution in [3.05, 3.63) is 35.3 Å². The standard InChI is InChI=1S/C13H19N3/c1-4-5-12-7-6-11(8-16-12)13(9(2)14)10(3)15/h6-8,14H,4-5,15H2,1-3H3/b13-10+,14-9?. The average molecular weight is 217 g/mol. The second-order valence-corrected chi connectivity index (χ2v) is 3.97. The molecule has 0 saturated carbocycles. The van der Waals surface area contributed by atoms with E-state index in [4.69, 9.17) is 11.1 Å². The maximum atomic E-state index is 7.69. The summed E-state index contributed by atoms with van der Waals surface area (Å²) in [6, 6.07) is 3.99. The Morgan fingerprint density at radius 3 is 2.44 bits per heavy atom. The lowest BCUT2D eigenvalue weighted by Crippen LogP contribution is -2.05. The van der Waals surface area contributed by atoms with Gasteiger partial charge < -0.3 is 11.1 Å². The molecule has 16 heavy (non-hydrogen) atoms. The van der Waals surface area contributed by atoms with Gasteiger partial charge in [-0.05, 0) is 26.3 Å². The Labute approximate surface area is 96.9 Å². The molecule has 1 rings (SSSR count). The molecule has 0 aliphatic carbocycles. The van der Waals surface area contributed by atoms with Crippen LogP contribution in [0.3, 0.4) is 0 Å². The zero-order valence-corrected chi connectivity index (χ0v) is 10.2. The Bertz CT molecular complexity index is 398. The van der Waals surface area contributed by atoms with E-state index < -0.39 is 0 Å². The van der Waals surface area contributed by atoms with Crippen LogP contribution in [0.15, 0.2) is 24.0 Å². The summed E-state index contributed by atoms with van der Waals surface area (Å²) in [5.41, 5.74) is 9.72. The Balaban J connectivity index is 3.05. The summed E-state index contributed by atoms with van der Waals surface area (Å²) in [6.07, 6.45) is 3.88. The highest BCUT2D eigenvalue weighted by atomic mass is 14.7. The summed E-state index contributed by atoms with van der Waals surface area (Å²) in [7, 11) is 0. The zero-order chi connectivity index (χ0) is 12.1. The fourth-order valence-electron chi connectivity index (χ4n) is 1.72. The van der Waals surface area contributed by atoms with E-state index >= 15 is 0 Å². The topological polar surface area (TPSA) is 62.8 Å². The van der Waals surface area contributed by atoms with Gasteiger partial charge in [0.1, 0.15) is 0 Å². The van der Waals surface area contributed by atoms with Gasteiger partial charge in [-0.2, -0.15) is 0 Å². The third-order valence-electron chi connectivity index (χ3n) is 2.39. The van der Waals surface area contributed by atoms with E-state index in [1.54, 1.807) is 13.1 Å². The molecular weight excluding hydrogens is 198 g/mol. The molecule has 1 aromatic heterocycles. The number of hydrogen-bond acceptors (Lipinski definition) is 3. The third kappa shape index (κ3) is 2.92. The van der Waals surface area contributed by atoms with Crippen LogP contribution in [0.4, 0.5) is 0 Å². The molecule has 0 fully saturated rings. The molecule has 0 aliphatic heterocycles. The first-order valence-corrected chi connectivity index (χ1v) is 5.53. The van der Waals surface area contributed by atoms with Crippen LogP contribution in [0.25, 0.3) is 5.57 Å². The highest BCUT2D eigenvalue weighted by Crippen LogP contribution is 2.17. The Morgan fingerprint density at radius 1 is 1.38 bits per heavy atom. The quantitative estimate of drug-likeness (QED) is 0.762. The monoisotopic (exact) mass is 217 g/mol. The van der Waals surface area contributed by atoms with Crippen LogP contribution in [0.5, 0.6) is 0 Å². The molecule has 86 valence electrons. The smallest absolute Gasteiger partial charge is 0.0403 e. The molecule has 0 saturated heterocycles. The molecule has 3 heteroatoms. The van der Waals surface area contributed by atoms with Crippen molar-refractivity contribution in [3.8, 4) is 0 Å². The number of aromatic nitrogens is 1. The second-order valence-electron chi connectivity index (χ2n) is 3.97. The van der Waals surface area contributed by atoms with Crippen LogP contribution >= 0.6 is 0 Å². The van der Waals surface area contributed by atoms with Gasteiger partial charge in [0.25, 0.3) is 0 Å². The number of nitrogens with zero attached hydrogens (tertiary/aromatic N) is 1. The van der Waals surface area contributed by atoms with Crippen LogP contribution in [0.1, 0.15) is 38.4 Å². The predicted octanol–water partition coefficient (Wildman–Crippen LogP) is 2.76. The second kappa shape index (κ2) is 5.45. The molecule has 0 atom stereocenters. The van der Waals surface area contributed by atoms with Crippen molar-refractivity contribution in [2.45, 2.75) is 33.6 Å². The molecule has 0 spiro atoms. The van der Waals surface area contributed by atoms with Crippen LogP contribution in [-0.4, -0.2) is 10.7 Å². The average Bonchev–Trinajstić information content (AvgIpc) is 2.20. The first-order valence-electron chi connectivity index (χ1n) is 5.53. The van der Waals surface area contributed by atoms with Crippen LogP contribution in [0.2, 0.25) is 0 Å². The maximum absolute atomic E-state index is 7.69. The molecule has 0 radical (unpaired) electrons. The summed E-state index contributed by atoms with van der Waals surface area (Å²) in [5, 5.41) is 7.69. The minimum Gasteiger partial charge on any atom is -0.402 e. The molecular formula is C13H19N3. The molecule has 0 aliphatic rings. The molecule has 0 unspecified atom stereocenters. The van der Waals surface area contributed by atoms with Crippen LogP contribution in [-0.2, 0) is 6.42 Å². The Morgan fingerprint density at radius 2 is 2.06 bits per heavy atom. The van der Waals surface area contributed by atoms with Crippen molar-refractivity contribution in [3.63, 3.8) is 0 Å². The van der Waals surface area contributed by atoms with Crippen LogP contribution in [0, 0.1) is 5.41 Å². The van der Waals surface area contributed by atoms with Crippen molar-refractivity contribution in [2.75, 3.05) is 0 Å². The number of aryl methyl sites for hydroxylation is 1. The number of pyridine rings is 1. The molecule has 0 bridgehead atoms. The molecule has 1 heterocycles. The lowest BCUT2D eigenvalue weighted by molar-refractivity contribution is 0.882. The summed E-state index contributed by atoms with van der Waals surface area (Å²) >= 11 is 0. The summed E-state index contributed by atoms with van der Waals surface area (Å²) in [6.45, 7) is 5.69. The van der Waals surface area contributed by atoms with Gasteiger partial charge in [0.05, 0.1) is 0 Å². The van der Waals surface area contributed by atoms with E-state index in [1.807, 2.05) is 19.1 Å². The first kappa shape index (κ1) is 12.4. The first-order chi connectivity index (χ1) is 7.56. The number of nitrogens with one attached hydrogen (secondary N) is 1. The van der Waals surface area contributed by atoms with E-state index in [9.17, 15) is 0 Å². The normalized spacial score (nSPS) is 12.2. The van der Waals surface area contributed by atoms with Gasteiger partial charge in [-0.3, -0.25) is 4.98 Å². The van der Waals surface area contributed by atoms with E-state index in [0.29, 0.717) is 11.4 Å². The Hall–Kier alpha value is -1.64. The lowest BCUT2D eigenvalue weighted by atomic mass is 10.0. The van der Waals surface area contributed by atoms with Gasteiger partial charge in [-0.1, -0.05) is 19.4 Å². The number of nitrogens with two attached hydrogens (primary N) is 1. The minimum atomic E-state index is 0.477. The van der Waals surface area contributed by atoms with Crippen molar-refractivity contribution < 1.29 is 0 Å². The van der Waals surface area contributed by atoms with Crippen molar-refractivity contribution >= 4 is 11.3 Å². The fraction of sp³-hybridized carbons (Fsp3) is 0.385. The minimum absolute atomic E-state index is 0.477. The van der Waals surface area contributed by atoms with Gasteiger partial charge in [-0.15, -0.1) is 0 Å². The van der Waals surface area contributed by atoms with E-state index in [2.05, 4.69) is 11.9 Å². The summed E-state index contributed by atoms with van der Waals surface area (Å²) < 4.78 is 0. The van der Waals surface area contributed by atoms with Gasteiger partial charge >= 0.3 is 0 Å². The lowest BCUT2D eigenvalue weighted by Gasteiger charge is -2.08. The highest BCUT2D eigenvalue weighted by Gasteiger charge is 2.07. The number of allylic oxidation sites excluding steroid dienone is 2. The van der Waals surface area contributed by atoms with Crippen molar-refractivity contribution in [1.29, 1.82) is 5.41 Å². The molecule has 1 aromatic rings. The van der Waals surface area contributed by atoms with Gasteiger partial charge in [0.2, 0.25) is 0 Å². The number of hydrogen-bond donors (Lipinski definition) is 2. The number of rotatable bonds is 4. The summed E-state index contributed by atoms with van der Waals surface area (Å²) in [4.78, 5) is 4.37. The molecule has 3 nitrogen and oxygen atoms in total. The van der Waals surface area contributed by atoms with E-state index in [-0.39, 0.29) is 0 Å². The fourth-order valence-corrected chi connectivity index (χ4v) is 1.72. The maximum Gasteiger partial charge on any atom is 0.0403 e. The van der Waals surface area contributed by atoms with Gasteiger partial charge in [0.15, 0.2) is 0 Å². The molecule has 0 amide bonds. The van der Waals surface area contributed by atoms with Gasteiger partial charge in [0, 0.05) is 34.4 Å². The zero-order valence-electron chi connectivity index (χ0n) is 10.2. The van der Waals surface area contributed by atoms with E-state index in [0.717, 1.165) is 29.7 Å². The summed E-state index contributed by atoms with van der Waals surface area (Å²) in [5.74, 6) is 0. The third-order valence-corrected chi connectivity index (χ3v) is 2.39.